The normalized spacial score (nSPS) is 11.2. The van der Waals surface area contributed by atoms with Gasteiger partial charge in [-0.15, -0.1) is 11.3 Å². The number of halogens is 1. The van der Waals surface area contributed by atoms with E-state index in [1.165, 1.54) is 30.2 Å². The van der Waals surface area contributed by atoms with Crippen molar-refractivity contribution in [2.75, 3.05) is 18.2 Å². The van der Waals surface area contributed by atoms with Crippen molar-refractivity contribution in [1.82, 2.24) is 9.55 Å². The molecule has 0 aliphatic carbocycles. The average Bonchev–Trinajstić information content (AvgIpc) is 3.11. The van der Waals surface area contributed by atoms with E-state index >= 15 is 0 Å². The van der Waals surface area contributed by atoms with E-state index in [2.05, 4.69) is 10.3 Å². The molecule has 148 valence electrons. The van der Waals surface area contributed by atoms with Crippen LogP contribution in [0.5, 0.6) is 5.75 Å². The number of methoxy groups -OCH3 is 1. The SMILES string of the molecule is COc1ccc(NC(=O)CSc2nc3ccsc3c(=O)n2CC(C)C)cc1Cl. The molecule has 0 radical (unpaired) electrons. The number of anilines is 1. The predicted molar refractivity (Wildman–Crippen MR) is 116 cm³/mol. The highest BCUT2D eigenvalue weighted by Crippen LogP contribution is 2.27. The minimum Gasteiger partial charge on any atom is -0.495 e. The molecule has 0 saturated carbocycles. The number of hydrogen-bond acceptors (Lipinski definition) is 6. The van der Waals surface area contributed by atoms with Gasteiger partial charge >= 0.3 is 0 Å². The summed E-state index contributed by atoms with van der Waals surface area (Å²) in [6.45, 7) is 4.64. The quantitative estimate of drug-likeness (QED) is 0.435. The van der Waals surface area contributed by atoms with E-state index in [0.29, 0.717) is 38.4 Å². The fourth-order valence-corrected chi connectivity index (χ4v) is 4.48. The molecule has 0 spiro atoms. The minimum absolute atomic E-state index is 0.0569. The number of hydrogen-bond donors (Lipinski definition) is 1. The summed E-state index contributed by atoms with van der Waals surface area (Å²) in [5.74, 6) is 0.748. The Hall–Kier alpha value is -2.03. The molecule has 28 heavy (non-hydrogen) atoms. The number of benzene rings is 1. The van der Waals surface area contributed by atoms with Crippen molar-refractivity contribution in [2.45, 2.75) is 25.5 Å². The van der Waals surface area contributed by atoms with Gasteiger partial charge in [0, 0.05) is 12.2 Å². The maximum atomic E-state index is 12.8. The third-order valence-electron chi connectivity index (χ3n) is 3.85. The van der Waals surface area contributed by atoms with Crippen LogP contribution in [0.15, 0.2) is 39.6 Å². The molecule has 0 atom stereocenters. The number of carbonyl (C=O) groups is 1. The molecule has 0 aliphatic rings. The fourth-order valence-electron chi connectivity index (χ4n) is 2.63. The fraction of sp³-hybridized carbons (Fsp3) is 0.316. The number of ether oxygens (including phenoxy) is 1. The number of nitrogens with one attached hydrogen (secondary N) is 1. The van der Waals surface area contributed by atoms with Gasteiger partial charge in [-0.3, -0.25) is 14.2 Å². The first kappa shape index (κ1) is 20.7. The van der Waals surface area contributed by atoms with E-state index in [-0.39, 0.29) is 23.1 Å². The Kier molecular flexibility index (Phi) is 6.64. The van der Waals surface area contributed by atoms with E-state index in [0.717, 1.165) is 0 Å². The number of thiophene rings is 1. The average molecular weight is 438 g/mol. The number of fused-ring (bicyclic) bond motifs is 1. The van der Waals surface area contributed by atoms with Gasteiger partial charge in [-0.1, -0.05) is 37.2 Å². The van der Waals surface area contributed by atoms with Crippen LogP contribution in [-0.4, -0.2) is 28.3 Å². The van der Waals surface area contributed by atoms with Crippen molar-refractivity contribution >= 4 is 56.5 Å². The van der Waals surface area contributed by atoms with Crippen molar-refractivity contribution in [2.24, 2.45) is 5.92 Å². The highest BCUT2D eigenvalue weighted by atomic mass is 35.5. The number of rotatable bonds is 7. The number of thioether (sulfide) groups is 1. The third-order valence-corrected chi connectivity index (χ3v) is 6.01. The van der Waals surface area contributed by atoms with E-state index in [1.807, 2.05) is 25.3 Å². The van der Waals surface area contributed by atoms with Gasteiger partial charge < -0.3 is 10.1 Å². The van der Waals surface area contributed by atoms with Crippen LogP contribution in [0, 0.1) is 5.92 Å². The lowest BCUT2D eigenvalue weighted by Crippen LogP contribution is -2.25. The summed E-state index contributed by atoms with van der Waals surface area (Å²) in [5, 5.41) is 5.62. The van der Waals surface area contributed by atoms with Gasteiger partial charge in [-0.05, 0) is 35.6 Å². The number of amides is 1. The summed E-state index contributed by atoms with van der Waals surface area (Å²) in [6.07, 6.45) is 0. The molecule has 0 fully saturated rings. The Labute approximate surface area is 175 Å². The molecule has 3 rings (SSSR count). The van der Waals surface area contributed by atoms with Crippen LogP contribution in [0.1, 0.15) is 13.8 Å². The van der Waals surface area contributed by atoms with Crippen molar-refractivity contribution < 1.29 is 9.53 Å². The summed E-state index contributed by atoms with van der Waals surface area (Å²) in [4.78, 5) is 29.7. The van der Waals surface area contributed by atoms with Crippen molar-refractivity contribution in [3.05, 3.63) is 45.0 Å². The maximum Gasteiger partial charge on any atom is 0.272 e. The summed E-state index contributed by atoms with van der Waals surface area (Å²) < 4.78 is 7.41. The lowest BCUT2D eigenvalue weighted by molar-refractivity contribution is -0.113. The summed E-state index contributed by atoms with van der Waals surface area (Å²) in [7, 11) is 1.53. The molecule has 3 aromatic rings. The topological polar surface area (TPSA) is 73.2 Å². The summed E-state index contributed by atoms with van der Waals surface area (Å²) in [5.41, 5.74) is 1.19. The van der Waals surface area contributed by atoms with Crippen molar-refractivity contribution in [3.8, 4) is 5.75 Å². The first-order valence-electron chi connectivity index (χ1n) is 8.63. The molecular formula is C19H20ClN3O3S2. The lowest BCUT2D eigenvalue weighted by atomic mass is 10.2. The van der Waals surface area contributed by atoms with Crippen LogP contribution in [0.2, 0.25) is 5.02 Å². The first-order valence-corrected chi connectivity index (χ1v) is 10.9. The number of carbonyl (C=O) groups excluding carboxylic acids is 1. The van der Waals surface area contributed by atoms with E-state index < -0.39 is 0 Å². The highest BCUT2D eigenvalue weighted by molar-refractivity contribution is 7.99. The zero-order chi connectivity index (χ0) is 20.3. The van der Waals surface area contributed by atoms with Crippen LogP contribution >= 0.6 is 34.7 Å². The molecule has 1 amide bonds. The molecule has 1 aromatic carbocycles. The van der Waals surface area contributed by atoms with Gasteiger partial charge in [0.15, 0.2) is 5.16 Å². The Bertz CT molecular complexity index is 1060. The maximum absolute atomic E-state index is 12.8. The molecule has 0 saturated heterocycles. The Morgan fingerprint density at radius 1 is 1.39 bits per heavy atom. The van der Waals surface area contributed by atoms with Gasteiger partial charge in [-0.2, -0.15) is 0 Å². The van der Waals surface area contributed by atoms with E-state index in [4.69, 9.17) is 16.3 Å². The second kappa shape index (κ2) is 8.98. The van der Waals surface area contributed by atoms with Crippen LogP contribution in [0.25, 0.3) is 10.2 Å². The largest absolute Gasteiger partial charge is 0.495 e. The van der Waals surface area contributed by atoms with E-state index in [1.54, 1.807) is 22.8 Å². The molecule has 2 heterocycles. The van der Waals surface area contributed by atoms with Gasteiger partial charge in [0.05, 0.1) is 23.4 Å². The molecule has 1 N–H and O–H groups in total. The zero-order valence-electron chi connectivity index (χ0n) is 15.7. The molecule has 0 unspecified atom stereocenters. The Morgan fingerprint density at radius 3 is 2.86 bits per heavy atom. The molecule has 0 aliphatic heterocycles. The van der Waals surface area contributed by atoms with E-state index in [9.17, 15) is 9.59 Å². The highest BCUT2D eigenvalue weighted by Gasteiger charge is 2.15. The van der Waals surface area contributed by atoms with Gasteiger partial charge in [0.1, 0.15) is 10.4 Å². The third kappa shape index (κ3) is 4.68. The Morgan fingerprint density at radius 2 is 2.18 bits per heavy atom. The van der Waals surface area contributed by atoms with Crippen LogP contribution < -0.4 is 15.6 Å². The van der Waals surface area contributed by atoms with Gasteiger partial charge in [-0.25, -0.2) is 4.98 Å². The second-order valence-electron chi connectivity index (χ2n) is 6.53. The van der Waals surface area contributed by atoms with Crippen molar-refractivity contribution in [3.63, 3.8) is 0 Å². The Balaban J connectivity index is 1.76. The summed E-state index contributed by atoms with van der Waals surface area (Å²) in [6, 6.07) is 6.87. The van der Waals surface area contributed by atoms with Crippen LogP contribution in [0.3, 0.4) is 0 Å². The second-order valence-corrected chi connectivity index (χ2v) is 8.79. The molecule has 6 nitrogen and oxygen atoms in total. The van der Waals surface area contributed by atoms with Crippen LogP contribution in [-0.2, 0) is 11.3 Å². The van der Waals surface area contributed by atoms with Gasteiger partial charge in [0.2, 0.25) is 5.91 Å². The lowest BCUT2D eigenvalue weighted by Gasteiger charge is -2.14. The van der Waals surface area contributed by atoms with Crippen molar-refractivity contribution in [1.29, 1.82) is 0 Å². The standard InChI is InChI=1S/C19H20ClN3O3S2/c1-11(2)9-23-18(25)17-14(6-7-27-17)22-19(23)28-10-16(24)21-12-4-5-15(26-3)13(20)8-12/h4-8,11H,9-10H2,1-3H3,(H,21,24). The number of aromatic nitrogens is 2. The smallest absolute Gasteiger partial charge is 0.272 e. The molecule has 9 heteroatoms. The molecule has 2 aromatic heterocycles. The predicted octanol–water partition coefficient (Wildman–Crippen LogP) is 4.51. The van der Waals surface area contributed by atoms with Gasteiger partial charge in [0.25, 0.3) is 5.56 Å². The monoisotopic (exact) mass is 437 g/mol. The molecular weight excluding hydrogens is 418 g/mol. The summed E-state index contributed by atoms with van der Waals surface area (Å²) >= 11 is 8.72. The zero-order valence-corrected chi connectivity index (χ0v) is 18.1. The van der Waals surface area contributed by atoms with Crippen LogP contribution in [0.4, 0.5) is 5.69 Å². The minimum atomic E-state index is -0.206. The number of nitrogens with zero attached hydrogens (tertiary/aromatic N) is 2. The molecule has 0 bridgehead atoms. The first-order chi connectivity index (χ1) is 13.4.